The first-order valence-electron chi connectivity index (χ1n) is 4.73. The molecule has 15 heavy (non-hydrogen) atoms. The van der Waals surface area contributed by atoms with Crippen LogP contribution in [0.2, 0.25) is 0 Å². The number of Topliss-reactive ketones (excluding diaryl/α,β-unsaturated/α-hetero) is 1. The zero-order valence-electron chi connectivity index (χ0n) is 8.63. The van der Waals surface area contributed by atoms with E-state index in [1.54, 1.807) is 6.07 Å². The zero-order chi connectivity index (χ0) is 11.0. The van der Waals surface area contributed by atoms with Crippen LogP contribution in [0.4, 0.5) is 5.69 Å². The van der Waals surface area contributed by atoms with Crippen molar-refractivity contribution in [3.63, 3.8) is 0 Å². The van der Waals surface area contributed by atoms with Crippen molar-refractivity contribution in [2.24, 2.45) is 0 Å². The summed E-state index contributed by atoms with van der Waals surface area (Å²) < 4.78 is 0. The average molecular weight is 201 g/mol. The van der Waals surface area contributed by atoms with E-state index in [0.717, 1.165) is 11.1 Å². The molecule has 1 heterocycles. The maximum atomic E-state index is 11.6. The number of carbonyl (C=O) groups excluding carboxylic acids is 2. The number of anilines is 1. The van der Waals surface area contributed by atoms with Crippen LogP contribution in [0.3, 0.4) is 0 Å². The van der Waals surface area contributed by atoms with Gasteiger partial charge in [-0.25, -0.2) is 0 Å². The standard InChI is InChI=1S/C12H11NO2/c1-7(2)6-8-4-3-5-9-10(8)11(14)12(15)13-9/h3-6H,1-2H3,(H,13,14,15). The summed E-state index contributed by atoms with van der Waals surface area (Å²) in [6.07, 6.45) is 1.90. The second-order valence-electron chi connectivity index (χ2n) is 3.77. The van der Waals surface area contributed by atoms with Gasteiger partial charge in [0.2, 0.25) is 0 Å². The minimum absolute atomic E-state index is 0.446. The number of ketones is 1. The molecule has 0 spiro atoms. The average Bonchev–Trinajstić information content (AvgIpc) is 2.43. The van der Waals surface area contributed by atoms with Gasteiger partial charge in [-0.3, -0.25) is 9.59 Å². The van der Waals surface area contributed by atoms with Gasteiger partial charge in [0.15, 0.2) is 0 Å². The molecule has 1 aromatic rings. The summed E-state index contributed by atoms with van der Waals surface area (Å²) in [6, 6.07) is 5.40. The number of fused-ring (bicyclic) bond motifs is 1. The van der Waals surface area contributed by atoms with Crippen LogP contribution < -0.4 is 5.32 Å². The van der Waals surface area contributed by atoms with Gasteiger partial charge < -0.3 is 5.32 Å². The molecule has 2 rings (SSSR count). The number of hydrogen-bond donors (Lipinski definition) is 1. The second kappa shape index (κ2) is 3.35. The Morgan fingerprint density at radius 2 is 2.00 bits per heavy atom. The zero-order valence-corrected chi connectivity index (χ0v) is 8.63. The Kier molecular flexibility index (Phi) is 2.15. The lowest BCUT2D eigenvalue weighted by molar-refractivity contribution is -0.112. The minimum Gasteiger partial charge on any atom is -0.318 e. The third-order valence-corrected chi connectivity index (χ3v) is 2.22. The van der Waals surface area contributed by atoms with Gasteiger partial charge in [0, 0.05) is 0 Å². The van der Waals surface area contributed by atoms with Gasteiger partial charge in [0.05, 0.1) is 11.3 Å². The fraction of sp³-hybridized carbons (Fsp3) is 0.167. The molecule has 3 nitrogen and oxygen atoms in total. The lowest BCUT2D eigenvalue weighted by Crippen LogP contribution is -2.12. The SMILES string of the molecule is CC(C)=Cc1cccc2c1C(=O)C(=O)N2. The Hall–Kier alpha value is -1.90. The number of rotatable bonds is 1. The second-order valence-corrected chi connectivity index (χ2v) is 3.77. The van der Waals surface area contributed by atoms with Gasteiger partial charge in [0.25, 0.3) is 11.7 Å². The van der Waals surface area contributed by atoms with E-state index >= 15 is 0 Å². The Morgan fingerprint density at radius 1 is 1.27 bits per heavy atom. The fourth-order valence-electron chi connectivity index (χ4n) is 1.65. The summed E-state index contributed by atoms with van der Waals surface area (Å²) in [4.78, 5) is 22.7. The van der Waals surface area contributed by atoms with Gasteiger partial charge in [-0.05, 0) is 25.5 Å². The van der Waals surface area contributed by atoms with Crippen molar-refractivity contribution in [2.75, 3.05) is 5.32 Å². The first-order chi connectivity index (χ1) is 7.09. The predicted molar refractivity (Wildman–Crippen MR) is 58.7 cm³/mol. The molecule has 0 aromatic heterocycles. The molecular weight excluding hydrogens is 190 g/mol. The summed E-state index contributed by atoms with van der Waals surface area (Å²) >= 11 is 0. The maximum Gasteiger partial charge on any atom is 0.296 e. The van der Waals surface area contributed by atoms with Crippen molar-refractivity contribution >= 4 is 23.5 Å². The van der Waals surface area contributed by atoms with E-state index in [4.69, 9.17) is 0 Å². The van der Waals surface area contributed by atoms with Crippen LogP contribution in [0.15, 0.2) is 23.8 Å². The van der Waals surface area contributed by atoms with Crippen LogP contribution in [0.25, 0.3) is 6.08 Å². The molecule has 0 saturated heterocycles. The monoisotopic (exact) mass is 201 g/mol. The van der Waals surface area contributed by atoms with Gasteiger partial charge in [-0.1, -0.05) is 23.8 Å². The van der Waals surface area contributed by atoms with Crippen LogP contribution in [-0.2, 0) is 4.79 Å². The van der Waals surface area contributed by atoms with Crippen LogP contribution in [0.5, 0.6) is 0 Å². The quantitative estimate of drug-likeness (QED) is 0.708. The molecule has 1 aliphatic heterocycles. The van der Waals surface area contributed by atoms with Gasteiger partial charge in [-0.2, -0.15) is 0 Å². The van der Waals surface area contributed by atoms with Crippen molar-refractivity contribution in [3.05, 3.63) is 34.9 Å². The van der Waals surface area contributed by atoms with E-state index in [1.807, 2.05) is 32.1 Å². The largest absolute Gasteiger partial charge is 0.318 e. The summed E-state index contributed by atoms with van der Waals surface area (Å²) in [5, 5.41) is 2.54. The highest BCUT2D eigenvalue weighted by atomic mass is 16.2. The van der Waals surface area contributed by atoms with Crippen molar-refractivity contribution < 1.29 is 9.59 Å². The van der Waals surface area contributed by atoms with Crippen LogP contribution in [-0.4, -0.2) is 11.7 Å². The molecule has 0 unspecified atom stereocenters. The van der Waals surface area contributed by atoms with Crippen LogP contribution in [0.1, 0.15) is 29.8 Å². The maximum absolute atomic E-state index is 11.6. The van der Waals surface area contributed by atoms with E-state index in [-0.39, 0.29) is 0 Å². The summed E-state index contributed by atoms with van der Waals surface area (Å²) in [6.45, 7) is 3.90. The highest BCUT2D eigenvalue weighted by Gasteiger charge is 2.29. The van der Waals surface area contributed by atoms with E-state index in [9.17, 15) is 9.59 Å². The number of nitrogens with one attached hydrogen (secondary N) is 1. The Morgan fingerprint density at radius 3 is 2.67 bits per heavy atom. The number of hydrogen-bond acceptors (Lipinski definition) is 2. The summed E-state index contributed by atoms with van der Waals surface area (Å²) in [5.74, 6) is -0.988. The Labute approximate surface area is 87.8 Å². The molecule has 1 N–H and O–H groups in total. The fourth-order valence-corrected chi connectivity index (χ4v) is 1.65. The van der Waals surface area contributed by atoms with Crippen LogP contribution in [0, 0.1) is 0 Å². The van der Waals surface area contributed by atoms with Crippen LogP contribution >= 0.6 is 0 Å². The highest BCUT2D eigenvalue weighted by Crippen LogP contribution is 2.27. The normalized spacial score (nSPS) is 13.5. The van der Waals surface area contributed by atoms with E-state index < -0.39 is 11.7 Å². The Balaban J connectivity index is 2.62. The van der Waals surface area contributed by atoms with Gasteiger partial charge >= 0.3 is 0 Å². The first kappa shape index (κ1) is 9.65. The molecule has 0 radical (unpaired) electrons. The number of benzene rings is 1. The van der Waals surface area contributed by atoms with E-state index in [2.05, 4.69) is 5.32 Å². The highest BCUT2D eigenvalue weighted by molar-refractivity contribution is 6.52. The topological polar surface area (TPSA) is 46.2 Å². The van der Waals surface area contributed by atoms with E-state index in [0.29, 0.717) is 11.3 Å². The molecule has 1 amide bonds. The number of amides is 1. The minimum atomic E-state index is -0.542. The predicted octanol–water partition coefficient (Wildman–Crippen LogP) is 2.24. The lowest BCUT2D eigenvalue weighted by Gasteiger charge is -2.01. The third-order valence-electron chi connectivity index (χ3n) is 2.22. The van der Waals surface area contributed by atoms with Crippen molar-refractivity contribution in [3.8, 4) is 0 Å². The molecule has 1 aliphatic rings. The van der Waals surface area contributed by atoms with E-state index in [1.165, 1.54) is 0 Å². The number of allylic oxidation sites excluding steroid dienone is 1. The van der Waals surface area contributed by atoms with Gasteiger partial charge in [-0.15, -0.1) is 0 Å². The molecule has 1 aromatic carbocycles. The molecule has 0 fully saturated rings. The molecule has 3 heteroatoms. The number of carbonyl (C=O) groups is 2. The smallest absolute Gasteiger partial charge is 0.296 e. The summed E-state index contributed by atoms with van der Waals surface area (Å²) in [7, 11) is 0. The lowest BCUT2D eigenvalue weighted by atomic mass is 10.0. The molecule has 0 bridgehead atoms. The molecule has 0 saturated carbocycles. The third kappa shape index (κ3) is 1.56. The van der Waals surface area contributed by atoms with Crippen molar-refractivity contribution in [1.82, 2.24) is 0 Å². The van der Waals surface area contributed by atoms with Crippen molar-refractivity contribution in [2.45, 2.75) is 13.8 Å². The molecule has 0 aliphatic carbocycles. The summed E-state index contributed by atoms with van der Waals surface area (Å²) in [5.41, 5.74) is 3.00. The van der Waals surface area contributed by atoms with Crippen molar-refractivity contribution in [1.29, 1.82) is 0 Å². The Bertz CT molecular complexity index is 482. The first-order valence-corrected chi connectivity index (χ1v) is 4.73. The molecule has 0 atom stereocenters. The molecular formula is C12H11NO2. The van der Waals surface area contributed by atoms with Gasteiger partial charge in [0.1, 0.15) is 0 Å². The molecule has 76 valence electrons.